The quantitative estimate of drug-likeness (QED) is 0.893. The molecule has 0 aromatic carbocycles. The minimum absolute atomic E-state index is 0.0888. The van der Waals surface area contributed by atoms with Gasteiger partial charge in [-0.05, 0) is 43.7 Å². The lowest BCUT2D eigenvalue weighted by Gasteiger charge is -2.34. The van der Waals surface area contributed by atoms with Crippen molar-refractivity contribution in [2.45, 2.75) is 39.3 Å². The van der Waals surface area contributed by atoms with E-state index in [4.69, 9.17) is 0 Å². The maximum Gasteiger partial charge on any atom is 0.315 e. The lowest BCUT2D eigenvalue weighted by Crippen LogP contribution is -2.50. The molecule has 2 aromatic rings. The number of anilines is 1. The Kier molecular flexibility index (Phi) is 5.08. The molecule has 1 aliphatic heterocycles. The zero-order valence-corrected chi connectivity index (χ0v) is 15.3. The molecule has 24 heavy (non-hydrogen) atoms. The van der Waals surface area contributed by atoms with Gasteiger partial charge in [0.1, 0.15) is 5.82 Å². The van der Waals surface area contributed by atoms with Crippen molar-refractivity contribution in [2.75, 3.05) is 18.0 Å². The van der Waals surface area contributed by atoms with Gasteiger partial charge in [-0.15, -0.1) is 11.3 Å². The van der Waals surface area contributed by atoms with Crippen LogP contribution in [0.4, 0.5) is 10.6 Å². The van der Waals surface area contributed by atoms with Crippen molar-refractivity contribution in [3.63, 3.8) is 0 Å². The molecule has 2 aromatic heterocycles. The van der Waals surface area contributed by atoms with Gasteiger partial charge in [-0.25, -0.2) is 4.79 Å². The molecule has 1 saturated heterocycles. The van der Waals surface area contributed by atoms with Crippen molar-refractivity contribution in [1.29, 1.82) is 0 Å². The fraction of sp³-hybridized carbons (Fsp3) is 0.529. The van der Waals surface area contributed by atoms with Gasteiger partial charge >= 0.3 is 6.03 Å². The highest BCUT2D eigenvalue weighted by atomic mass is 32.1. The second-order valence-corrected chi connectivity index (χ2v) is 7.47. The van der Waals surface area contributed by atoms with Crippen LogP contribution in [0.25, 0.3) is 0 Å². The first-order valence-electron chi connectivity index (χ1n) is 8.35. The maximum atomic E-state index is 12.2. The van der Waals surface area contributed by atoms with Crippen LogP contribution in [0, 0.1) is 13.8 Å². The maximum absolute atomic E-state index is 12.2. The van der Waals surface area contributed by atoms with Crippen LogP contribution in [0.3, 0.4) is 0 Å². The molecular formula is C17H25N5OS. The second kappa shape index (κ2) is 7.25. The molecule has 2 amide bonds. The fourth-order valence-electron chi connectivity index (χ4n) is 3.18. The summed E-state index contributed by atoms with van der Waals surface area (Å²) in [6, 6.07) is 4.28. The fourth-order valence-corrected chi connectivity index (χ4v) is 4.00. The van der Waals surface area contributed by atoms with Gasteiger partial charge in [-0.1, -0.05) is 0 Å². The first kappa shape index (κ1) is 16.8. The molecule has 1 atom stereocenters. The summed E-state index contributed by atoms with van der Waals surface area (Å²) in [6.45, 7) is 6.49. The first-order chi connectivity index (χ1) is 11.5. The molecule has 0 spiro atoms. The van der Waals surface area contributed by atoms with Crippen LogP contribution in [0.5, 0.6) is 0 Å². The predicted molar refractivity (Wildman–Crippen MR) is 97.6 cm³/mol. The Morgan fingerprint density at radius 3 is 2.92 bits per heavy atom. The van der Waals surface area contributed by atoms with E-state index in [2.05, 4.69) is 45.1 Å². The highest BCUT2D eigenvalue weighted by Crippen LogP contribution is 2.20. The van der Waals surface area contributed by atoms with Crippen LogP contribution in [0.1, 0.15) is 29.0 Å². The van der Waals surface area contributed by atoms with E-state index in [-0.39, 0.29) is 12.1 Å². The van der Waals surface area contributed by atoms with Crippen molar-refractivity contribution < 1.29 is 4.79 Å². The zero-order valence-electron chi connectivity index (χ0n) is 14.5. The van der Waals surface area contributed by atoms with Gasteiger partial charge in [-0.2, -0.15) is 5.10 Å². The average molecular weight is 347 g/mol. The standard InChI is InChI=1S/C17H25N5OS/c1-12-7-15(24-11-12)9-18-17(23)19-14-5-4-6-22(10-14)16-8-13(2)20-21(16)3/h7-8,11,14H,4-6,9-10H2,1-3H3,(H2,18,19,23). The van der Waals surface area contributed by atoms with E-state index in [9.17, 15) is 4.79 Å². The number of hydrogen-bond donors (Lipinski definition) is 2. The summed E-state index contributed by atoms with van der Waals surface area (Å²) in [7, 11) is 1.97. The lowest BCUT2D eigenvalue weighted by molar-refractivity contribution is 0.234. The Hall–Kier alpha value is -2.02. The Bertz CT molecular complexity index is 708. The molecular weight excluding hydrogens is 322 g/mol. The van der Waals surface area contributed by atoms with E-state index < -0.39 is 0 Å². The molecule has 1 fully saturated rings. The van der Waals surface area contributed by atoms with Gasteiger partial charge in [0.05, 0.1) is 12.2 Å². The van der Waals surface area contributed by atoms with Crippen LogP contribution in [-0.2, 0) is 13.6 Å². The molecule has 130 valence electrons. The molecule has 0 radical (unpaired) electrons. The van der Waals surface area contributed by atoms with E-state index in [1.807, 2.05) is 18.7 Å². The Morgan fingerprint density at radius 2 is 2.25 bits per heavy atom. The minimum atomic E-state index is -0.0888. The number of rotatable bonds is 4. The second-order valence-electron chi connectivity index (χ2n) is 6.47. The summed E-state index contributed by atoms with van der Waals surface area (Å²) in [4.78, 5) is 15.6. The third-order valence-corrected chi connectivity index (χ3v) is 5.32. The largest absolute Gasteiger partial charge is 0.355 e. The number of nitrogens with zero attached hydrogens (tertiary/aromatic N) is 3. The summed E-state index contributed by atoms with van der Waals surface area (Å²) in [5.41, 5.74) is 2.26. The van der Waals surface area contributed by atoms with E-state index in [0.717, 1.165) is 37.4 Å². The molecule has 2 N–H and O–H groups in total. The number of hydrogen-bond acceptors (Lipinski definition) is 4. The van der Waals surface area contributed by atoms with Crippen LogP contribution in [0.15, 0.2) is 17.5 Å². The highest BCUT2D eigenvalue weighted by Gasteiger charge is 2.23. The van der Waals surface area contributed by atoms with Crippen molar-refractivity contribution >= 4 is 23.2 Å². The molecule has 1 aliphatic rings. The number of thiophene rings is 1. The number of piperidine rings is 1. The van der Waals surface area contributed by atoms with E-state index >= 15 is 0 Å². The van der Waals surface area contributed by atoms with Crippen molar-refractivity contribution in [1.82, 2.24) is 20.4 Å². The van der Waals surface area contributed by atoms with Crippen LogP contribution in [0.2, 0.25) is 0 Å². The first-order valence-corrected chi connectivity index (χ1v) is 9.23. The molecule has 1 unspecified atom stereocenters. The monoisotopic (exact) mass is 347 g/mol. The Labute approximate surface area is 146 Å². The highest BCUT2D eigenvalue weighted by molar-refractivity contribution is 7.10. The number of aromatic nitrogens is 2. The van der Waals surface area contributed by atoms with Crippen LogP contribution < -0.4 is 15.5 Å². The van der Waals surface area contributed by atoms with Gasteiger partial charge in [0.2, 0.25) is 0 Å². The van der Waals surface area contributed by atoms with E-state index in [1.54, 1.807) is 11.3 Å². The average Bonchev–Trinajstić information content (AvgIpc) is 3.10. The third kappa shape index (κ3) is 4.08. The lowest BCUT2D eigenvalue weighted by atomic mass is 10.1. The number of amides is 2. The molecule has 0 saturated carbocycles. The normalized spacial score (nSPS) is 17.8. The number of carbonyl (C=O) groups is 1. The molecule has 6 nitrogen and oxygen atoms in total. The van der Waals surface area contributed by atoms with Crippen LogP contribution in [-0.4, -0.2) is 34.9 Å². The molecule has 0 bridgehead atoms. The van der Waals surface area contributed by atoms with Crippen LogP contribution >= 0.6 is 11.3 Å². The number of aryl methyl sites for hydroxylation is 3. The molecule has 0 aliphatic carbocycles. The van der Waals surface area contributed by atoms with Gasteiger partial charge < -0.3 is 15.5 Å². The number of nitrogens with one attached hydrogen (secondary N) is 2. The van der Waals surface area contributed by atoms with Gasteiger partial charge in [0.15, 0.2) is 0 Å². The van der Waals surface area contributed by atoms with Crippen molar-refractivity contribution in [3.05, 3.63) is 33.6 Å². The minimum Gasteiger partial charge on any atom is -0.355 e. The molecule has 3 heterocycles. The van der Waals surface area contributed by atoms with E-state index in [0.29, 0.717) is 6.54 Å². The predicted octanol–water partition coefficient (Wildman–Crippen LogP) is 2.57. The van der Waals surface area contributed by atoms with Crippen molar-refractivity contribution in [2.24, 2.45) is 7.05 Å². The summed E-state index contributed by atoms with van der Waals surface area (Å²) < 4.78 is 1.91. The molecule has 3 rings (SSSR count). The topological polar surface area (TPSA) is 62.2 Å². The van der Waals surface area contributed by atoms with Crippen molar-refractivity contribution in [3.8, 4) is 0 Å². The number of urea groups is 1. The van der Waals surface area contributed by atoms with Gasteiger partial charge in [0, 0.05) is 37.1 Å². The summed E-state index contributed by atoms with van der Waals surface area (Å²) in [5, 5.41) is 12.6. The third-order valence-electron chi connectivity index (χ3n) is 4.27. The Morgan fingerprint density at radius 1 is 1.42 bits per heavy atom. The summed E-state index contributed by atoms with van der Waals surface area (Å²) in [5.74, 6) is 1.12. The zero-order chi connectivity index (χ0) is 17.1. The van der Waals surface area contributed by atoms with E-state index in [1.165, 1.54) is 10.4 Å². The Balaban J connectivity index is 1.51. The smallest absolute Gasteiger partial charge is 0.315 e. The van der Waals surface area contributed by atoms with Gasteiger partial charge in [0.25, 0.3) is 0 Å². The summed E-state index contributed by atoms with van der Waals surface area (Å²) in [6.07, 6.45) is 2.08. The van der Waals surface area contributed by atoms with Gasteiger partial charge in [-0.3, -0.25) is 4.68 Å². The summed E-state index contributed by atoms with van der Waals surface area (Å²) >= 11 is 1.68. The molecule has 7 heteroatoms. The SMILES string of the molecule is Cc1csc(CNC(=O)NC2CCCN(c3cc(C)nn3C)C2)c1. The number of carbonyl (C=O) groups excluding carboxylic acids is 1.